The highest BCUT2D eigenvalue weighted by Gasteiger charge is 2.45. The van der Waals surface area contributed by atoms with Crippen LogP contribution in [0.4, 0.5) is 0 Å². The first-order valence-electron chi connectivity index (χ1n) is 7.36. The largest absolute Gasteiger partial charge is 0.480 e. The van der Waals surface area contributed by atoms with Crippen molar-refractivity contribution in [3.05, 3.63) is 35.9 Å². The Balaban J connectivity index is 1.62. The number of carbonyl (C=O) groups is 2. The summed E-state index contributed by atoms with van der Waals surface area (Å²) in [4.78, 5) is 23.7. The SMILES string of the molecule is O=C(O)C(Cc1ccccc1)NC(=O)C1CC2CCC1O2. The summed E-state index contributed by atoms with van der Waals surface area (Å²) in [6.45, 7) is 0. The highest BCUT2D eigenvalue weighted by molar-refractivity contribution is 5.85. The average molecular weight is 289 g/mol. The smallest absolute Gasteiger partial charge is 0.326 e. The second kappa shape index (κ2) is 5.85. The fourth-order valence-corrected chi connectivity index (χ4v) is 3.24. The van der Waals surface area contributed by atoms with Crippen LogP contribution in [0.3, 0.4) is 0 Å². The molecular weight excluding hydrogens is 270 g/mol. The maximum Gasteiger partial charge on any atom is 0.326 e. The van der Waals surface area contributed by atoms with Crippen molar-refractivity contribution in [3.63, 3.8) is 0 Å². The number of fused-ring (bicyclic) bond motifs is 2. The summed E-state index contributed by atoms with van der Waals surface area (Å²) in [6.07, 6.45) is 3.09. The van der Waals surface area contributed by atoms with Crippen LogP contribution in [-0.4, -0.2) is 35.2 Å². The van der Waals surface area contributed by atoms with Crippen LogP contribution < -0.4 is 5.32 Å². The predicted molar refractivity (Wildman–Crippen MR) is 75.7 cm³/mol. The number of ether oxygens (including phenoxy) is 1. The Morgan fingerprint density at radius 1 is 1.29 bits per heavy atom. The molecule has 2 aliphatic heterocycles. The number of carboxylic acid groups (broad SMARTS) is 1. The zero-order valence-electron chi connectivity index (χ0n) is 11.7. The topological polar surface area (TPSA) is 75.6 Å². The Morgan fingerprint density at radius 3 is 2.62 bits per heavy atom. The van der Waals surface area contributed by atoms with Gasteiger partial charge in [0.05, 0.1) is 18.1 Å². The first-order chi connectivity index (χ1) is 10.1. The van der Waals surface area contributed by atoms with Crippen molar-refractivity contribution in [2.45, 2.75) is 43.9 Å². The van der Waals surface area contributed by atoms with E-state index in [2.05, 4.69) is 5.32 Å². The summed E-state index contributed by atoms with van der Waals surface area (Å²) >= 11 is 0. The molecule has 5 heteroatoms. The van der Waals surface area contributed by atoms with Gasteiger partial charge in [0.2, 0.25) is 5.91 Å². The number of carbonyl (C=O) groups excluding carboxylic acids is 1. The predicted octanol–water partition coefficient (Wildman–Crippen LogP) is 1.37. The lowest BCUT2D eigenvalue weighted by Crippen LogP contribution is -2.46. The van der Waals surface area contributed by atoms with Gasteiger partial charge in [0.25, 0.3) is 0 Å². The van der Waals surface area contributed by atoms with E-state index in [1.165, 1.54) is 0 Å². The van der Waals surface area contributed by atoms with Crippen molar-refractivity contribution < 1.29 is 19.4 Å². The number of aliphatic carboxylic acids is 1. The minimum absolute atomic E-state index is 0.0267. The summed E-state index contributed by atoms with van der Waals surface area (Å²) in [6, 6.07) is 8.44. The van der Waals surface area contributed by atoms with Crippen LogP contribution in [0.5, 0.6) is 0 Å². The van der Waals surface area contributed by atoms with Crippen LogP contribution in [0.25, 0.3) is 0 Å². The van der Waals surface area contributed by atoms with E-state index in [-0.39, 0.29) is 24.0 Å². The number of benzene rings is 1. The number of hydrogen-bond donors (Lipinski definition) is 2. The van der Waals surface area contributed by atoms with Crippen molar-refractivity contribution in [1.29, 1.82) is 0 Å². The van der Waals surface area contributed by atoms with E-state index in [9.17, 15) is 14.7 Å². The number of nitrogens with one attached hydrogen (secondary N) is 1. The van der Waals surface area contributed by atoms with Gasteiger partial charge in [-0.05, 0) is 24.8 Å². The highest BCUT2D eigenvalue weighted by Crippen LogP contribution is 2.38. The molecule has 4 atom stereocenters. The van der Waals surface area contributed by atoms with E-state index < -0.39 is 12.0 Å². The van der Waals surface area contributed by atoms with Crippen LogP contribution in [0.2, 0.25) is 0 Å². The molecular formula is C16H19NO4. The normalized spacial score (nSPS) is 28.3. The molecule has 2 heterocycles. The zero-order chi connectivity index (χ0) is 14.8. The van der Waals surface area contributed by atoms with Crippen LogP contribution >= 0.6 is 0 Å². The molecule has 2 bridgehead atoms. The third kappa shape index (κ3) is 3.08. The Hall–Kier alpha value is -1.88. The van der Waals surface area contributed by atoms with E-state index in [4.69, 9.17) is 4.74 Å². The van der Waals surface area contributed by atoms with Crippen LogP contribution in [0.1, 0.15) is 24.8 Å². The summed E-state index contributed by atoms with van der Waals surface area (Å²) in [5.74, 6) is -1.39. The monoisotopic (exact) mass is 289 g/mol. The third-order valence-corrected chi connectivity index (χ3v) is 4.34. The van der Waals surface area contributed by atoms with Gasteiger partial charge in [0, 0.05) is 6.42 Å². The van der Waals surface area contributed by atoms with E-state index in [1.807, 2.05) is 30.3 Å². The van der Waals surface area contributed by atoms with Crippen molar-refractivity contribution in [2.75, 3.05) is 0 Å². The summed E-state index contributed by atoms with van der Waals surface area (Å²) < 4.78 is 5.66. The molecule has 2 saturated heterocycles. The molecule has 1 aromatic carbocycles. The van der Waals surface area contributed by atoms with Crippen LogP contribution in [-0.2, 0) is 20.7 Å². The van der Waals surface area contributed by atoms with Gasteiger partial charge in [-0.1, -0.05) is 30.3 Å². The second-order valence-electron chi connectivity index (χ2n) is 5.81. The minimum atomic E-state index is -1.00. The lowest BCUT2D eigenvalue weighted by Gasteiger charge is -2.21. The van der Waals surface area contributed by atoms with Crippen molar-refractivity contribution in [3.8, 4) is 0 Å². The molecule has 0 aliphatic carbocycles. The lowest BCUT2D eigenvalue weighted by molar-refractivity contribution is -0.142. The molecule has 112 valence electrons. The van der Waals surface area contributed by atoms with Gasteiger partial charge in [0.1, 0.15) is 6.04 Å². The molecule has 5 nitrogen and oxygen atoms in total. The van der Waals surface area contributed by atoms with Gasteiger partial charge in [-0.3, -0.25) is 4.79 Å². The number of carboxylic acids is 1. The van der Waals surface area contributed by atoms with Crippen LogP contribution in [0.15, 0.2) is 30.3 Å². The Morgan fingerprint density at radius 2 is 2.05 bits per heavy atom. The fraction of sp³-hybridized carbons (Fsp3) is 0.500. The molecule has 0 aromatic heterocycles. The zero-order valence-corrected chi connectivity index (χ0v) is 11.7. The third-order valence-electron chi connectivity index (χ3n) is 4.34. The molecule has 3 rings (SSSR count). The molecule has 21 heavy (non-hydrogen) atoms. The standard InChI is InChI=1S/C16H19NO4/c18-15(12-9-11-6-7-14(12)21-11)17-13(16(19)20)8-10-4-2-1-3-5-10/h1-5,11-14H,6-9H2,(H,17,18)(H,19,20). The first kappa shape index (κ1) is 14.1. The van der Waals surface area contributed by atoms with Crippen molar-refractivity contribution >= 4 is 11.9 Å². The molecule has 0 saturated carbocycles. The minimum Gasteiger partial charge on any atom is -0.480 e. The van der Waals surface area contributed by atoms with E-state index in [0.29, 0.717) is 12.8 Å². The molecule has 1 amide bonds. The van der Waals surface area contributed by atoms with Gasteiger partial charge < -0.3 is 15.2 Å². The lowest BCUT2D eigenvalue weighted by atomic mass is 9.88. The molecule has 0 radical (unpaired) electrons. The fourth-order valence-electron chi connectivity index (χ4n) is 3.24. The molecule has 1 aromatic rings. The maximum absolute atomic E-state index is 12.3. The van der Waals surface area contributed by atoms with E-state index >= 15 is 0 Å². The number of rotatable bonds is 5. The highest BCUT2D eigenvalue weighted by atomic mass is 16.5. The molecule has 2 N–H and O–H groups in total. The van der Waals surface area contributed by atoms with Gasteiger partial charge in [0.15, 0.2) is 0 Å². The summed E-state index contributed by atoms with van der Waals surface area (Å²) in [7, 11) is 0. The molecule has 0 spiro atoms. The second-order valence-corrected chi connectivity index (χ2v) is 5.81. The van der Waals surface area contributed by atoms with Crippen molar-refractivity contribution in [2.24, 2.45) is 5.92 Å². The summed E-state index contributed by atoms with van der Waals surface area (Å²) in [5, 5.41) is 12.0. The quantitative estimate of drug-likeness (QED) is 0.858. The summed E-state index contributed by atoms with van der Waals surface area (Å²) in [5.41, 5.74) is 0.898. The number of hydrogen-bond acceptors (Lipinski definition) is 3. The van der Waals surface area contributed by atoms with Gasteiger partial charge >= 0.3 is 5.97 Å². The van der Waals surface area contributed by atoms with E-state index in [1.54, 1.807) is 0 Å². The number of amides is 1. The van der Waals surface area contributed by atoms with Crippen molar-refractivity contribution in [1.82, 2.24) is 5.32 Å². The van der Waals surface area contributed by atoms with Crippen LogP contribution in [0, 0.1) is 5.92 Å². The Bertz CT molecular complexity index is 530. The Labute approximate surface area is 123 Å². The maximum atomic E-state index is 12.3. The van der Waals surface area contributed by atoms with Gasteiger partial charge in [-0.25, -0.2) is 4.79 Å². The van der Waals surface area contributed by atoms with Gasteiger partial charge in [-0.2, -0.15) is 0 Å². The Kier molecular flexibility index (Phi) is 3.92. The average Bonchev–Trinajstić information content (AvgIpc) is 3.10. The first-order valence-corrected chi connectivity index (χ1v) is 7.36. The molecule has 2 aliphatic rings. The molecule has 2 fully saturated rings. The van der Waals surface area contributed by atoms with Gasteiger partial charge in [-0.15, -0.1) is 0 Å². The van der Waals surface area contributed by atoms with E-state index in [0.717, 1.165) is 18.4 Å². The molecule has 4 unspecified atom stereocenters.